The molecule has 1 aromatic rings. The molecule has 0 aliphatic rings. The maximum atomic E-state index is 11.0. The fourth-order valence-electron chi connectivity index (χ4n) is 0.549. The molecule has 0 fully saturated rings. The van der Waals surface area contributed by atoms with Crippen LogP contribution in [-0.4, -0.2) is 16.4 Å². The molecule has 0 saturated carbocycles. The number of carbonyl (C=O) groups excluding carboxylic acids is 1. The van der Waals surface area contributed by atoms with E-state index in [1.165, 1.54) is 11.3 Å². The molecule has 3 nitrogen and oxygen atoms in total. The predicted octanol–water partition coefficient (Wildman–Crippen LogP) is 2.78. The van der Waals surface area contributed by atoms with Crippen LogP contribution in [0.3, 0.4) is 0 Å². The first-order valence-corrected chi connectivity index (χ1v) is 5.16. The van der Waals surface area contributed by atoms with Crippen LogP contribution < -0.4 is 0 Å². The third-order valence-corrected chi connectivity index (χ3v) is 2.56. The Morgan fingerprint density at radius 2 is 2.50 bits per heavy atom. The van der Waals surface area contributed by atoms with Crippen molar-refractivity contribution in [3.8, 4) is 0 Å². The van der Waals surface area contributed by atoms with E-state index < -0.39 is 0 Å². The van der Waals surface area contributed by atoms with Gasteiger partial charge in [0.2, 0.25) is 0 Å². The van der Waals surface area contributed by atoms with Crippen molar-refractivity contribution in [2.45, 2.75) is 24.3 Å². The van der Waals surface area contributed by atoms with Gasteiger partial charge in [-0.05, 0) is 13.8 Å². The topological polar surface area (TPSA) is 39.2 Å². The molecular formula is C7H9NO2S2. The molecule has 12 heavy (non-hydrogen) atoms. The molecular weight excluding hydrogens is 194 g/mol. The van der Waals surface area contributed by atoms with E-state index in [4.69, 9.17) is 4.74 Å². The van der Waals surface area contributed by atoms with Gasteiger partial charge in [-0.15, -0.1) is 11.3 Å². The van der Waals surface area contributed by atoms with Crippen molar-refractivity contribution in [2.24, 2.45) is 0 Å². The van der Waals surface area contributed by atoms with Gasteiger partial charge in [0.25, 0.3) is 0 Å². The van der Waals surface area contributed by atoms with Gasteiger partial charge in [0.05, 0.1) is 6.10 Å². The Morgan fingerprint density at radius 1 is 1.75 bits per heavy atom. The molecule has 0 amide bonds. The normalized spacial score (nSPS) is 10.2. The summed E-state index contributed by atoms with van der Waals surface area (Å²) < 4.78 is 5.64. The minimum Gasteiger partial charge on any atom is -0.455 e. The highest BCUT2D eigenvalue weighted by Gasteiger charge is 2.08. The second-order valence-corrected chi connectivity index (χ2v) is 4.39. The van der Waals surface area contributed by atoms with Crippen LogP contribution in [0.25, 0.3) is 0 Å². The second-order valence-electron chi connectivity index (χ2n) is 2.32. The van der Waals surface area contributed by atoms with Crippen molar-refractivity contribution in [3.63, 3.8) is 0 Å². The van der Waals surface area contributed by atoms with Crippen LogP contribution in [0, 0.1) is 0 Å². The predicted molar refractivity (Wildman–Crippen MR) is 49.6 cm³/mol. The molecule has 0 radical (unpaired) electrons. The van der Waals surface area contributed by atoms with E-state index in [9.17, 15) is 4.79 Å². The summed E-state index contributed by atoms with van der Waals surface area (Å²) in [5, 5.41) is 1.53. The van der Waals surface area contributed by atoms with E-state index in [-0.39, 0.29) is 11.4 Å². The van der Waals surface area contributed by atoms with E-state index >= 15 is 0 Å². The second kappa shape index (κ2) is 4.47. The highest BCUT2D eigenvalue weighted by molar-refractivity contribution is 8.14. The van der Waals surface area contributed by atoms with Crippen LogP contribution in [0.15, 0.2) is 15.9 Å². The van der Waals surface area contributed by atoms with E-state index in [0.29, 0.717) is 0 Å². The maximum absolute atomic E-state index is 11.0. The molecule has 66 valence electrons. The minimum absolute atomic E-state index is 0.0648. The molecule has 1 rings (SSSR count). The number of aromatic nitrogens is 1. The summed E-state index contributed by atoms with van der Waals surface area (Å²) in [6.07, 6.45) is 1.60. The van der Waals surface area contributed by atoms with Crippen molar-refractivity contribution in [2.75, 3.05) is 0 Å². The average molecular weight is 203 g/mol. The van der Waals surface area contributed by atoms with Gasteiger partial charge in [-0.3, -0.25) is 0 Å². The summed E-state index contributed by atoms with van der Waals surface area (Å²) in [5.41, 5.74) is 0. The van der Waals surface area contributed by atoms with Crippen LogP contribution in [0.2, 0.25) is 0 Å². The highest BCUT2D eigenvalue weighted by Crippen LogP contribution is 2.22. The molecule has 1 heterocycles. The molecule has 1 aromatic heterocycles. The van der Waals surface area contributed by atoms with Gasteiger partial charge >= 0.3 is 5.30 Å². The number of rotatable bonds is 2. The lowest BCUT2D eigenvalue weighted by Gasteiger charge is -2.04. The van der Waals surface area contributed by atoms with Gasteiger partial charge in [-0.25, -0.2) is 9.78 Å². The molecule has 0 saturated heterocycles. The Kier molecular flexibility index (Phi) is 3.55. The van der Waals surface area contributed by atoms with Crippen molar-refractivity contribution in [3.05, 3.63) is 11.6 Å². The molecule has 0 N–H and O–H groups in total. The van der Waals surface area contributed by atoms with Crippen LogP contribution in [0.4, 0.5) is 4.79 Å². The zero-order valence-corrected chi connectivity index (χ0v) is 8.45. The molecule has 0 bridgehead atoms. The third-order valence-electron chi connectivity index (χ3n) is 0.912. The van der Waals surface area contributed by atoms with Gasteiger partial charge < -0.3 is 4.74 Å². The smallest absolute Gasteiger partial charge is 0.374 e. The minimum atomic E-state index is -0.292. The molecule has 0 unspecified atom stereocenters. The molecule has 0 aliphatic carbocycles. The summed E-state index contributed by atoms with van der Waals surface area (Å²) in [5.74, 6) is 0. The quantitative estimate of drug-likeness (QED) is 0.547. The van der Waals surface area contributed by atoms with E-state index in [1.54, 1.807) is 6.20 Å². The number of thiazole rings is 1. The Bertz CT molecular complexity index is 246. The van der Waals surface area contributed by atoms with Crippen LogP contribution in [0.1, 0.15) is 13.8 Å². The van der Waals surface area contributed by atoms with Crippen LogP contribution in [-0.2, 0) is 4.74 Å². The summed E-state index contributed by atoms with van der Waals surface area (Å²) in [7, 11) is 0. The molecule has 0 atom stereocenters. The summed E-state index contributed by atoms with van der Waals surface area (Å²) in [6, 6.07) is 0. The van der Waals surface area contributed by atoms with Gasteiger partial charge in [-0.1, -0.05) is 0 Å². The third kappa shape index (κ3) is 3.23. The maximum Gasteiger partial charge on any atom is 0.374 e. The number of hydrogen-bond acceptors (Lipinski definition) is 5. The van der Waals surface area contributed by atoms with Crippen molar-refractivity contribution >= 4 is 28.4 Å². The fourth-order valence-corrected chi connectivity index (χ4v) is 1.97. The number of nitrogens with zero attached hydrogens (tertiary/aromatic N) is 1. The number of ether oxygens (including phenoxy) is 1. The van der Waals surface area contributed by atoms with E-state index in [1.807, 2.05) is 19.2 Å². The monoisotopic (exact) mass is 203 g/mol. The average Bonchev–Trinajstić information content (AvgIpc) is 2.37. The molecule has 0 aromatic carbocycles. The molecule has 0 spiro atoms. The fraction of sp³-hybridized carbons (Fsp3) is 0.429. The number of carbonyl (C=O) groups is 1. The Morgan fingerprint density at radius 3 is 3.00 bits per heavy atom. The Labute approximate surface area is 79.1 Å². The molecule has 5 heteroatoms. The van der Waals surface area contributed by atoms with Gasteiger partial charge in [0, 0.05) is 23.3 Å². The standard InChI is InChI=1S/C7H9NO2S2/c1-5(2)10-7(9)12-6-8-3-4-11-6/h3-5H,1-2H3. The van der Waals surface area contributed by atoms with Crippen molar-refractivity contribution < 1.29 is 9.53 Å². The Balaban J connectivity index is 2.37. The largest absolute Gasteiger partial charge is 0.455 e. The van der Waals surface area contributed by atoms with Gasteiger partial charge in [-0.2, -0.15) is 0 Å². The lowest BCUT2D eigenvalue weighted by atomic mass is 10.5. The lowest BCUT2D eigenvalue weighted by Crippen LogP contribution is -2.05. The lowest BCUT2D eigenvalue weighted by molar-refractivity contribution is 0.143. The van der Waals surface area contributed by atoms with E-state index in [0.717, 1.165) is 16.1 Å². The first kappa shape index (κ1) is 9.54. The van der Waals surface area contributed by atoms with Crippen LogP contribution >= 0.6 is 23.1 Å². The summed E-state index contributed by atoms with van der Waals surface area (Å²) in [6.45, 7) is 3.64. The number of thioether (sulfide) groups is 1. The first-order valence-electron chi connectivity index (χ1n) is 3.46. The van der Waals surface area contributed by atoms with E-state index in [2.05, 4.69) is 4.98 Å². The zero-order valence-electron chi connectivity index (χ0n) is 6.81. The zero-order chi connectivity index (χ0) is 8.97. The SMILES string of the molecule is CC(C)OC(=O)Sc1nccs1. The van der Waals surface area contributed by atoms with Crippen molar-refractivity contribution in [1.29, 1.82) is 0 Å². The summed E-state index contributed by atoms with van der Waals surface area (Å²) >= 11 is 2.45. The number of hydrogen-bond donors (Lipinski definition) is 0. The van der Waals surface area contributed by atoms with Gasteiger partial charge in [0.15, 0.2) is 4.34 Å². The van der Waals surface area contributed by atoms with Crippen LogP contribution in [0.5, 0.6) is 0 Å². The molecule has 0 aliphatic heterocycles. The Hall–Kier alpha value is -0.550. The highest BCUT2D eigenvalue weighted by atomic mass is 32.2. The summed E-state index contributed by atoms with van der Waals surface area (Å²) in [4.78, 5) is 15.0. The first-order chi connectivity index (χ1) is 5.68. The van der Waals surface area contributed by atoms with Crippen molar-refractivity contribution in [1.82, 2.24) is 4.98 Å². The van der Waals surface area contributed by atoms with Gasteiger partial charge in [0.1, 0.15) is 0 Å².